The van der Waals surface area contributed by atoms with Crippen LogP contribution in [0.4, 0.5) is 11.4 Å². The summed E-state index contributed by atoms with van der Waals surface area (Å²) in [4.78, 5) is 24.2. The van der Waals surface area contributed by atoms with Crippen molar-refractivity contribution in [2.24, 2.45) is 0 Å². The van der Waals surface area contributed by atoms with E-state index in [0.717, 1.165) is 29.7 Å². The van der Waals surface area contributed by atoms with Crippen LogP contribution in [0.3, 0.4) is 0 Å². The molecule has 0 saturated heterocycles. The molecule has 128 valence electrons. The molecule has 0 aliphatic rings. The number of carbonyl (C=O) groups is 2. The number of amides is 2. The predicted octanol–water partition coefficient (Wildman–Crippen LogP) is 3.92. The van der Waals surface area contributed by atoms with Crippen molar-refractivity contribution in [1.82, 2.24) is 0 Å². The molecule has 5 heteroatoms. The van der Waals surface area contributed by atoms with Gasteiger partial charge in [0.1, 0.15) is 6.42 Å². The lowest BCUT2D eigenvalue weighted by Crippen LogP contribution is -2.16. The van der Waals surface area contributed by atoms with E-state index in [2.05, 4.69) is 24.5 Å². The van der Waals surface area contributed by atoms with Crippen LogP contribution >= 0.6 is 0 Å². The highest BCUT2D eigenvalue weighted by Crippen LogP contribution is 2.23. The average molecular weight is 335 g/mol. The normalized spacial score (nSPS) is 9.96. The molecule has 0 radical (unpaired) electrons. The molecule has 0 heterocycles. The molecule has 2 amide bonds. The largest absolute Gasteiger partial charge is 0.325 e. The number of para-hydroxylation sites is 1. The number of rotatable bonds is 6. The summed E-state index contributed by atoms with van der Waals surface area (Å²) < 4.78 is 0. The molecule has 0 bridgehead atoms. The number of carbonyl (C=O) groups excluding carboxylic acids is 2. The van der Waals surface area contributed by atoms with Crippen LogP contribution in [0.5, 0.6) is 0 Å². The third-order valence-electron chi connectivity index (χ3n) is 3.89. The minimum Gasteiger partial charge on any atom is -0.325 e. The van der Waals surface area contributed by atoms with Gasteiger partial charge in [0.15, 0.2) is 0 Å². The van der Waals surface area contributed by atoms with E-state index in [-0.39, 0.29) is 12.3 Å². The molecule has 0 aliphatic heterocycles. The van der Waals surface area contributed by atoms with Gasteiger partial charge >= 0.3 is 0 Å². The molecule has 2 aromatic rings. The third-order valence-corrected chi connectivity index (χ3v) is 3.89. The minimum absolute atomic E-state index is 0.222. The molecule has 0 unspecified atom stereocenters. The Morgan fingerprint density at radius 3 is 2.24 bits per heavy atom. The van der Waals surface area contributed by atoms with Crippen LogP contribution in [0, 0.1) is 11.3 Å². The fourth-order valence-electron chi connectivity index (χ4n) is 2.60. The van der Waals surface area contributed by atoms with E-state index in [1.807, 2.05) is 18.2 Å². The summed E-state index contributed by atoms with van der Waals surface area (Å²) in [6.45, 7) is 4.10. The first-order valence-corrected chi connectivity index (χ1v) is 8.28. The number of aryl methyl sites for hydroxylation is 2. The van der Waals surface area contributed by atoms with Gasteiger partial charge in [-0.15, -0.1) is 0 Å². The number of hydrogen-bond acceptors (Lipinski definition) is 3. The Hall–Kier alpha value is -3.13. The summed E-state index contributed by atoms with van der Waals surface area (Å²) in [6, 6.07) is 14.5. The molecule has 0 aliphatic carbocycles. The van der Waals surface area contributed by atoms with E-state index in [0.29, 0.717) is 11.3 Å². The Bertz CT molecular complexity index is 800. The zero-order valence-electron chi connectivity index (χ0n) is 14.4. The second-order valence-corrected chi connectivity index (χ2v) is 5.58. The van der Waals surface area contributed by atoms with Crippen molar-refractivity contribution < 1.29 is 9.59 Å². The highest BCUT2D eigenvalue weighted by atomic mass is 16.2. The zero-order chi connectivity index (χ0) is 18.2. The standard InChI is InChI=1S/C20H21N3O2/c1-3-14-7-5-8-15(4-2)19(14)23-20(25)16-9-6-10-17(13-16)22-18(24)11-12-21/h5-10,13H,3-4,11H2,1-2H3,(H,22,24)(H,23,25). The quantitative estimate of drug-likeness (QED) is 0.839. The van der Waals surface area contributed by atoms with Gasteiger partial charge in [-0.25, -0.2) is 0 Å². The second-order valence-electron chi connectivity index (χ2n) is 5.58. The highest BCUT2D eigenvalue weighted by Gasteiger charge is 2.12. The van der Waals surface area contributed by atoms with E-state index in [1.54, 1.807) is 30.3 Å². The lowest BCUT2D eigenvalue weighted by atomic mass is 10.0. The Morgan fingerprint density at radius 1 is 1.00 bits per heavy atom. The van der Waals surface area contributed by atoms with Crippen LogP contribution in [0.2, 0.25) is 0 Å². The van der Waals surface area contributed by atoms with Crippen LogP contribution in [0.25, 0.3) is 0 Å². The van der Waals surface area contributed by atoms with Crippen molar-refractivity contribution >= 4 is 23.2 Å². The molecule has 0 spiro atoms. The molecule has 0 fully saturated rings. The summed E-state index contributed by atoms with van der Waals surface area (Å²) in [5.74, 6) is -0.628. The number of nitriles is 1. The molecule has 2 aromatic carbocycles. The molecule has 0 aromatic heterocycles. The Morgan fingerprint density at radius 2 is 1.64 bits per heavy atom. The van der Waals surface area contributed by atoms with Crippen molar-refractivity contribution in [2.45, 2.75) is 33.1 Å². The van der Waals surface area contributed by atoms with Crippen molar-refractivity contribution in [2.75, 3.05) is 10.6 Å². The molecular weight excluding hydrogens is 314 g/mol. The number of nitrogens with zero attached hydrogens (tertiary/aromatic N) is 1. The van der Waals surface area contributed by atoms with Gasteiger partial charge in [0.2, 0.25) is 5.91 Å². The number of nitrogens with one attached hydrogen (secondary N) is 2. The molecule has 0 atom stereocenters. The van der Waals surface area contributed by atoms with Crippen molar-refractivity contribution in [3.8, 4) is 6.07 Å². The van der Waals surface area contributed by atoms with Crippen LogP contribution in [0.15, 0.2) is 42.5 Å². The molecule has 2 rings (SSSR count). The van der Waals surface area contributed by atoms with Crippen molar-refractivity contribution in [3.63, 3.8) is 0 Å². The molecule has 25 heavy (non-hydrogen) atoms. The van der Waals surface area contributed by atoms with Gasteiger partial charge in [-0.2, -0.15) is 5.26 Å². The molecule has 2 N–H and O–H groups in total. The van der Waals surface area contributed by atoms with Crippen LogP contribution < -0.4 is 10.6 Å². The summed E-state index contributed by atoms with van der Waals surface area (Å²) in [6.07, 6.45) is 1.43. The monoisotopic (exact) mass is 335 g/mol. The Labute approximate surface area is 147 Å². The van der Waals surface area contributed by atoms with Crippen LogP contribution in [0.1, 0.15) is 41.8 Å². The van der Waals surface area contributed by atoms with E-state index < -0.39 is 5.91 Å². The van der Waals surface area contributed by atoms with Crippen molar-refractivity contribution in [1.29, 1.82) is 5.26 Å². The lowest BCUT2D eigenvalue weighted by molar-refractivity contribution is -0.115. The van der Waals surface area contributed by atoms with E-state index in [1.165, 1.54) is 0 Å². The Balaban J connectivity index is 2.22. The molecule has 0 saturated carbocycles. The fraction of sp³-hybridized carbons (Fsp3) is 0.250. The smallest absolute Gasteiger partial charge is 0.255 e. The fourth-order valence-corrected chi connectivity index (χ4v) is 2.60. The lowest BCUT2D eigenvalue weighted by Gasteiger charge is -2.15. The second kappa shape index (κ2) is 8.65. The maximum absolute atomic E-state index is 12.6. The van der Waals surface area contributed by atoms with E-state index in [9.17, 15) is 9.59 Å². The van der Waals surface area contributed by atoms with Gasteiger partial charge in [0, 0.05) is 16.9 Å². The number of anilines is 2. The predicted molar refractivity (Wildman–Crippen MR) is 98.5 cm³/mol. The molecular formula is C20H21N3O2. The van der Waals surface area contributed by atoms with Crippen molar-refractivity contribution in [3.05, 3.63) is 59.2 Å². The van der Waals surface area contributed by atoms with Gasteiger partial charge in [0.25, 0.3) is 5.91 Å². The minimum atomic E-state index is -0.398. The van der Waals surface area contributed by atoms with Gasteiger partial charge < -0.3 is 10.6 Å². The van der Waals surface area contributed by atoms with E-state index in [4.69, 9.17) is 5.26 Å². The first kappa shape index (κ1) is 18.2. The van der Waals surface area contributed by atoms with Crippen LogP contribution in [-0.4, -0.2) is 11.8 Å². The van der Waals surface area contributed by atoms with Crippen LogP contribution in [-0.2, 0) is 17.6 Å². The maximum Gasteiger partial charge on any atom is 0.255 e. The Kier molecular flexibility index (Phi) is 6.30. The summed E-state index contributed by atoms with van der Waals surface area (Å²) in [7, 11) is 0. The van der Waals surface area contributed by atoms with Gasteiger partial charge in [-0.05, 0) is 42.2 Å². The summed E-state index contributed by atoms with van der Waals surface area (Å²) in [5, 5.41) is 14.1. The summed E-state index contributed by atoms with van der Waals surface area (Å²) in [5.41, 5.74) is 3.98. The third kappa shape index (κ3) is 4.67. The zero-order valence-corrected chi connectivity index (χ0v) is 14.4. The summed E-state index contributed by atoms with van der Waals surface area (Å²) >= 11 is 0. The first-order valence-electron chi connectivity index (χ1n) is 8.28. The molecule has 5 nitrogen and oxygen atoms in total. The topological polar surface area (TPSA) is 82.0 Å². The number of hydrogen-bond donors (Lipinski definition) is 2. The average Bonchev–Trinajstić information content (AvgIpc) is 2.62. The highest BCUT2D eigenvalue weighted by molar-refractivity contribution is 6.06. The van der Waals surface area contributed by atoms with Gasteiger partial charge in [-0.1, -0.05) is 38.1 Å². The van der Waals surface area contributed by atoms with Gasteiger partial charge in [-0.3, -0.25) is 9.59 Å². The SMILES string of the molecule is CCc1cccc(CC)c1NC(=O)c1cccc(NC(=O)CC#N)c1. The van der Waals surface area contributed by atoms with Gasteiger partial charge in [0.05, 0.1) is 6.07 Å². The number of benzene rings is 2. The van der Waals surface area contributed by atoms with E-state index >= 15 is 0 Å². The first-order chi connectivity index (χ1) is 12.1. The maximum atomic E-state index is 12.6.